The predicted octanol–water partition coefficient (Wildman–Crippen LogP) is 1.38. The van der Waals surface area contributed by atoms with Crippen molar-refractivity contribution >= 4 is 0 Å². The monoisotopic (exact) mass is 244 g/mol. The molecule has 0 amide bonds. The molecule has 0 aliphatic carbocycles. The number of hydrogen-bond acceptors (Lipinski definition) is 5. The molecular formula is C13H16N4O. The maximum atomic E-state index is 5.09. The predicted molar refractivity (Wildman–Crippen MR) is 68.3 cm³/mol. The summed E-state index contributed by atoms with van der Waals surface area (Å²) in [5, 5.41) is 3.28. The number of methoxy groups -OCH3 is 1. The van der Waals surface area contributed by atoms with Crippen LogP contribution in [0, 0.1) is 0 Å². The summed E-state index contributed by atoms with van der Waals surface area (Å²) in [5.41, 5.74) is 2.13. The van der Waals surface area contributed by atoms with E-state index in [-0.39, 0.29) is 6.04 Å². The molecule has 0 bridgehead atoms. The summed E-state index contributed by atoms with van der Waals surface area (Å²) in [7, 11) is 3.54. The molecule has 0 spiro atoms. The lowest BCUT2D eigenvalue weighted by Gasteiger charge is -2.16. The molecule has 0 saturated carbocycles. The van der Waals surface area contributed by atoms with Crippen LogP contribution in [0.4, 0.5) is 0 Å². The summed E-state index contributed by atoms with van der Waals surface area (Å²) >= 11 is 0. The Morgan fingerprint density at radius 3 is 2.72 bits per heavy atom. The topological polar surface area (TPSA) is 59.9 Å². The molecule has 94 valence electrons. The first-order valence-electron chi connectivity index (χ1n) is 5.75. The largest absolute Gasteiger partial charge is 0.481 e. The minimum absolute atomic E-state index is 0.201. The number of pyridine rings is 1. The van der Waals surface area contributed by atoms with Crippen molar-refractivity contribution in [1.82, 2.24) is 20.3 Å². The van der Waals surface area contributed by atoms with Crippen LogP contribution in [0.5, 0.6) is 5.88 Å². The van der Waals surface area contributed by atoms with Crippen molar-refractivity contribution in [2.45, 2.75) is 12.5 Å². The lowest BCUT2D eigenvalue weighted by Crippen LogP contribution is -2.19. The van der Waals surface area contributed by atoms with Gasteiger partial charge in [0.2, 0.25) is 5.88 Å². The average Bonchev–Trinajstić information content (AvgIpc) is 2.46. The standard InChI is InChI=1S/C13H16N4O/c1-14-12(10-3-5-15-6-4-10)7-11-8-13(18-2)17-9-16-11/h3-6,8-9,12,14H,7H2,1-2H3. The van der Waals surface area contributed by atoms with Gasteiger partial charge in [0.25, 0.3) is 0 Å². The van der Waals surface area contributed by atoms with Crippen LogP contribution >= 0.6 is 0 Å². The van der Waals surface area contributed by atoms with E-state index >= 15 is 0 Å². The van der Waals surface area contributed by atoms with E-state index in [0.29, 0.717) is 5.88 Å². The first-order chi connectivity index (χ1) is 8.83. The van der Waals surface area contributed by atoms with Crippen molar-refractivity contribution in [3.05, 3.63) is 48.2 Å². The van der Waals surface area contributed by atoms with Gasteiger partial charge >= 0.3 is 0 Å². The van der Waals surface area contributed by atoms with E-state index in [0.717, 1.165) is 12.1 Å². The van der Waals surface area contributed by atoms with Gasteiger partial charge in [0.05, 0.1) is 7.11 Å². The molecule has 5 heteroatoms. The highest BCUT2D eigenvalue weighted by atomic mass is 16.5. The first-order valence-corrected chi connectivity index (χ1v) is 5.75. The van der Waals surface area contributed by atoms with Gasteiger partial charge in [0, 0.05) is 36.6 Å². The Balaban J connectivity index is 2.15. The second-order valence-corrected chi connectivity index (χ2v) is 3.88. The van der Waals surface area contributed by atoms with Gasteiger partial charge in [0.15, 0.2) is 0 Å². The van der Waals surface area contributed by atoms with Crippen LogP contribution in [0.1, 0.15) is 17.3 Å². The highest BCUT2D eigenvalue weighted by Crippen LogP contribution is 2.17. The van der Waals surface area contributed by atoms with Crippen molar-refractivity contribution < 1.29 is 4.74 Å². The maximum absolute atomic E-state index is 5.09. The molecule has 2 aromatic rings. The molecule has 18 heavy (non-hydrogen) atoms. The van der Waals surface area contributed by atoms with E-state index in [4.69, 9.17) is 4.74 Å². The molecule has 1 unspecified atom stereocenters. The molecule has 0 radical (unpaired) electrons. The normalized spacial score (nSPS) is 12.1. The van der Waals surface area contributed by atoms with Crippen LogP contribution in [0.25, 0.3) is 0 Å². The smallest absolute Gasteiger partial charge is 0.216 e. The summed E-state index contributed by atoms with van der Waals surface area (Å²) in [4.78, 5) is 12.3. The minimum atomic E-state index is 0.201. The number of likely N-dealkylation sites (N-methyl/N-ethyl adjacent to an activating group) is 1. The molecule has 0 fully saturated rings. The third-order valence-corrected chi connectivity index (χ3v) is 2.78. The summed E-state index contributed by atoms with van der Waals surface area (Å²) in [6.07, 6.45) is 5.88. The highest BCUT2D eigenvalue weighted by molar-refractivity contribution is 5.20. The molecule has 0 saturated heterocycles. The summed E-state index contributed by atoms with van der Waals surface area (Å²) < 4.78 is 5.09. The van der Waals surface area contributed by atoms with E-state index < -0.39 is 0 Å². The number of hydrogen-bond donors (Lipinski definition) is 1. The zero-order valence-electron chi connectivity index (χ0n) is 10.5. The fourth-order valence-corrected chi connectivity index (χ4v) is 1.79. The van der Waals surface area contributed by atoms with Crippen molar-refractivity contribution in [3.63, 3.8) is 0 Å². The van der Waals surface area contributed by atoms with E-state index in [1.165, 1.54) is 11.9 Å². The number of nitrogens with zero attached hydrogens (tertiary/aromatic N) is 3. The first kappa shape index (κ1) is 12.4. The third kappa shape index (κ3) is 3.01. The summed E-state index contributed by atoms with van der Waals surface area (Å²) in [6.45, 7) is 0. The van der Waals surface area contributed by atoms with Crippen molar-refractivity contribution in [2.24, 2.45) is 0 Å². The Bertz CT molecular complexity index is 489. The van der Waals surface area contributed by atoms with Crippen LogP contribution in [-0.2, 0) is 6.42 Å². The number of nitrogens with one attached hydrogen (secondary N) is 1. The molecule has 1 atom stereocenters. The summed E-state index contributed by atoms with van der Waals surface area (Å²) in [5.74, 6) is 0.588. The second-order valence-electron chi connectivity index (χ2n) is 3.88. The number of ether oxygens (including phenoxy) is 1. The Morgan fingerprint density at radius 1 is 1.28 bits per heavy atom. The fraction of sp³-hybridized carbons (Fsp3) is 0.308. The third-order valence-electron chi connectivity index (χ3n) is 2.78. The van der Waals surface area contributed by atoms with Crippen molar-refractivity contribution in [2.75, 3.05) is 14.2 Å². The van der Waals surface area contributed by atoms with Crippen molar-refractivity contribution in [3.8, 4) is 5.88 Å². The van der Waals surface area contributed by atoms with Gasteiger partial charge in [-0.05, 0) is 24.7 Å². The fourth-order valence-electron chi connectivity index (χ4n) is 1.79. The SMILES string of the molecule is CNC(Cc1cc(OC)ncn1)c1ccncc1. The van der Waals surface area contributed by atoms with Crippen LogP contribution in [0.2, 0.25) is 0 Å². The number of rotatable bonds is 5. The van der Waals surface area contributed by atoms with Gasteiger partial charge in [-0.15, -0.1) is 0 Å². The quantitative estimate of drug-likeness (QED) is 0.861. The molecular weight excluding hydrogens is 228 g/mol. The Kier molecular flexibility index (Phi) is 4.20. The van der Waals surface area contributed by atoms with Crippen LogP contribution in [0.15, 0.2) is 36.9 Å². The molecule has 1 N–H and O–H groups in total. The van der Waals surface area contributed by atoms with E-state index in [2.05, 4.69) is 20.3 Å². The van der Waals surface area contributed by atoms with Crippen molar-refractivity contribution in [1.29, 1.82) is 0 Å². The second kappa shape index (κ2) is 6.07. The molecule has 2 heterocycles. The zero-order chi connectivity index (χ0) is 12.8. The molecule has 2 rings (SSSR count). The molecule has 0 aromatic carbocycles. The van der Waals surface area contributed by atoms with Gasteiger partial charge in [-0.2, -0.15) is 0 Å². The Labute approximate surface area is 106 Å². The minimum Gasteiger partial charge on any atom is -0.481 e. The van der Waals surface area contributed by atoms with Crippen LogP contribution < -0.4 is 10.1 Å². The van der Waals surface area contributed by atoms with Gasteiger partial charge in [-0.1, -0.05) is 0 Å². The maximum Gasteiger partial charge on any atom is 0.216 e. The van der Waals surface area contributed by atoms with E-state index in [1.807, 2.05) is 25.2 Å². The van der Waals surface area contributed by atoms with Gasteiger partial charge in [0.1, 0.15) is 6.33 Å². The van der Waals surface area contributed by atoms with Crippen LogP contribution in [0.3, 0.4) is 0 Å². The van der Waals surface area contributed by atoms with Crippen LogP contribution in [-0.4, -0.2) is 29.1 Å². The lowest BCUT2D eigenvalue weighted by atomic mass is 10.0. The highest BCUT2D eigenvalue weighted by Gasteiger charge is 2.11. The van der Waals surface area contributed by atoms with Gasteiger partial charge in [-0.3, -0.25) is 4.98 Å². The van der Waals surface area contributed by atoms with Gasteiger partial charge < -0.3 is 10.1 Å². The summed E-state index contributed by atoms with van der Waals surface area (Å²) in [6, 6.07) is 6.05. The lowest BCUT2D eigenvalue weighted by molar-refractivity contribution is 0.395. The molecule has 0 aliphatic heterocycles. The molecule has 0 aliphatic rings. The van der Waals surface area contributed by atoms with E-state index in [1.54, 1.807) is 19.5 Å². The Morgan fingerprint density at radius 2 is 2.06 bits per heavy atom. The number of aromatic nitrogens is 3. The van der Waals surface area contributed by atoms with Gasteiger partial charge in [-0.25, -0.2) is 9.97 Å². The zero-order valence-corrected chi connectivity index (χ0v) is 10.5. The van der Waals surface area contributed by atoms with E-state index in [9.17, 15) is 0 Å². The molecule has 2 aromatic heterocycles. The average molecular weight is 244 g/mol. The molecule has 5 nitrogen and oxygen atoms in total. The Hall–Kier alpha value is -2.01.